The van der Waals surface area contributed by atoms with E-state index in [1.54, 1.807) is 35.7 Å². The third kappa shape index (κ3) is 4.82. The van der Waals surface area contributed by atoms with Crippen molar-refractivity contribution >= 4 is 49.4 Å². The highest BCUT2D eigenvalue weighted by molar-refractivity contribution is 7.94. The molecule has 1 amide bonds. The molecular formula is C23H19N3O3S2. The number of hydrazone groups is 1. The molecule has 0 aliphatic heterocycles. The first-order valence-electron chi connectivity index (χ1n) is 9.42. The Balaban J connectivity index is 1.43. The molecule has 0 atom stereocenters. The highest BCUT2D eigenvalue weighted by Gasteiger charge is 2.15. The van der Waals surface area contributed by atoms with Gasteiger partial charge in [-0.15, -0.1) is 11.3 Å². The van der Waals surface area contributed by atoms with Crippen LogP contribution in [-0.2, 0) is 10.0 Å². The highest BCUT2D eigenvalue weighted by atomic mass is 32.2. The van der Waals surface area contributed by atoms with Crippen LogP contribution in [0.1, 0.15) is 22.8 Å². The van der Waals surface area contributed by atoms with Gasteiger partial charge in [0.2, 0.25) is 0 Å². The van der Waals surface area contributed by atoms with Crippen molar-refractivity contribution in [2.75, 3.05) is 4.72 Å². The molecule has 1 aromatic heterocycles. The van der Waals surface area contributed by atoms with E-state index >= 15 is 0 Å². The molecule has 8 heteroatoms. The van der Waals surface area contributed by atoms with Gasteiger partial charge < -0.3 is 0 Å². The maximum Gasteiger partial charge on any atom is 0.271 e. The number of sulfonamides is 1. The van der Waals surface area contributed by atoms with Gasteiger partial charge in [-0.2, -0.15) is 5.10 Å². The van der Waals surface area contributed by atoms with E-state index in [1.807, 2.05) is 49.4 Å². The van der Waals surface area contributed by atoms with Crippen molar-refractivity contribution in [2.24, 2.45) is 5.10 Å². The molecule has 4 rings (SSSR count). The summed E-state index contributed by atoms with van der Waals surface area (Å²) in [6.45, 7) is 1.83. The first-order chi connectivity index (χ1) is 14.9. The molecule has 0 aliphatic rings. The lowest BCUT2D eigenvalue weighted by Gasteiger charge is -2.07. The molecule has 0 bridgehead atoms. The number of amides is 1. The second-order valence-corrected chi connectivity index (χ2v) is 9.67. The number of carbonyl (C=O) groups excluding carboxylic acids is 1. The normalized spacial score (nSPS) is 12.0. The Kier molecular flexibility index (Phi) is 5.83. The van der Waals surface area contributed by atoms with Crippen molar-refractivity contribution in [1.82, 2.24) is 5.43 Å². The predicted octanol–water partition coefficient (Wildman–Crippen LogP) is 4.86. The van der Waals surface area contributed by atoms with Crippen molar-refractivity contribution in [2.45, 2.75) is 11.1 Å². The van der Waals surface area contributed by atoms with Gasteiger partial charge in [-0.3, -0.25) is 9.52 Å². The number of fused-ring (bicyclic) bond motifs is 1. The third-order valence-electron chi connectivity index (χ3n) is 4.65. The summed E-state index contributed by atoms with van der Waals surface area (Å²) in [7, 11) is -3.62. The molecule has 0 radical (unpaired) electrons. The lowest BCUT2D eigenvalue weighted by Crippen LogP contribution is -2.19. The molecule has 31 heavy (non-hydrogen) atoms. The second kappa shape index (κ2) is 8.71. The Hall–Kier alpha value is -3.49. The van der Waals surface area contributed by atoms with Gasteiger partial charge in [0.1, 0.15) is 4.21 Å². The quantitative estimate of drug-likeness (QED) is 0.326. The zero-order chi connectivity index (χ0) is 21.8. The van der Waals surface area contributed by atoms with Gasteiger partial charge in [-0.25, -0.2) is 13.8 Å². The van der Waals surface area contributed by atoms with Gasteiger partial charge in [0.25, 0.3) is 15.9 Å². The van der Waals surface area contributed by atoms with Gasteiger partial charge in [0, 0.05) is 11.3 Å². The summed E-state index contributed by atoms with van der Waals surface area (Å²) in [5, 5.41) is 8.13. The summed E-state index contributed by atoms with van der Waals surface area (Å²) in [5.41, 5.74) is 4.89. The molecule has 0 spiro atoms. The number of carbonyl (C=O) groups is 1. The molecule has 3 aromatic carbocycles. The summed E-state index contributed by atoms with van der Waals surface area (Å²) in [6.07, 6.45) is 0. The predicted molar refractivity (Wildman–Crippen MR) is 125 cm³/mol. The van der Waals surface area contributed by atoms with Crippen LogP contribution in [-0.4, -0.2) is 20.0 Å². The Bertz CT molecular complexity index is 1360. The smallest absolute Gasteiger partial charge is 0.271 e. The standard InChI is InChI=1S/C23H19N3O3S2/c1-16(19-9-8-17-5-2-3-6-20(17)15-19)24-25-23(27)18-10-12-21(13-11-18)26-31(28,29)22-7-4-14-30-22/h2-15,26H,1H3,(H,25,27)/b24-16-. The minimum Gasteiger partial charge on any atom is -0.279 e. The highest BCUT2D eigenvalue weighted by Crippen LogP contribution is 2.20. The molecule has 0 saturated heterocycles. The lowest BCUT2D eigenvalue weighted by atomic mass is 10.0. The minimum absolute atomic E-state index is 0.229. The monoisotopic (exact) mass is 449 g/mol. The van der Waals surface area contributed by atoms with Crippen LogP contribution in [0.3, 0.4) is 0 Å². The molecule has 0 aliphatic carbocycles. The van der Waals surface area contributed by atoms with E-state index in [9.17, 15) is 13.2 Å². The number of anilines is 1. The van der Waals surface area contributed by atoms with Crippen LogP contribution in [0.4, 0.5) is 5.69 Å². The van der Waals surface area contributed by atoms with Crippen molar-refractivity contribution < 1.29 is 13.2 Å². The van der Waals surface area contributed by atoms with Gasteiger partial charge >= 0.3 is 0 Å². The van der Waals surface area contributed by atoms with Gasteiger partial charge in [0.15, 0.2) is 0 Å². The van der Waals surface area contributed by atoms with Crippen molar-refractivity contribution in [3.63, 3.8) is 0 Å². The summed E-state index contributed by atoms with van der Waals surface area (Å²) in [5.74, 6) is -0.382. The number of hydrogen-bond donors (Lipinski definition) is 2. The molecule has 0 saturated carbocycles. The van der Waals surface area contributed by atoms with Crippen molar-refractivity contribution in [3.8, 4) is 0 Å². The van der Waals surface area contributed by atoms with E-state index < -0.39 is 10.0 Å². The number of nitrogens with one attached hydrogen (secondary N) is 2. The fraction of sp³-hybridized carbons (Fsp3) is 0.0435. The van der Waals surface area contributed by atoms with E-state index in [1.165, 1.54) is 6.07 Å². The first-order valence-corrected chi connectivity index (χ1v) is 11.8. The molecular weight excluding hydrogens is 430 g/mol. The number of benzene rings is 3. The second-order valence-electron chi connectivity index (χ2n) is 6.82. The number of rotatable bonds is 6. The van der Waals surface area contributed by atoms with E-state index in [4.69, 9.17) is 0 Å². The van der Waals surface area contributed by atoms with Crippen LogP contribution >= 0.6 is 11.3 Å². The largest absolute Gasteiger partial charge is 0.279 e. The van der Waals surface area contributed by atoms with Gasteiger partial charge in [0.05, 0.1) is 5.71 Å². The molecule has 0 unspecified atom stereocenters. The Morgan fingerprint density at radius 3 is 2.29 bits per heavy atom. The summed E-state index contributed by atoms with van der Waals surface area (Å²) in [6, 6.07) is 23.4. The number of nitrogens with zero attached hydrogens (tertiary/aromatic N) is 1. The topological polar surface area (TPSA) is 87.6 Å². The van der Waals surface area contributed by atoms with Crippen LogP contribution in [0, 0.1) is 0 Å². The molecule has 1 heterocycles. The number of hydrogen-bond acceptors (Lipinski definition) is 5. The maximum absolute atomic E-state index is 12.4. The summed E-state index contributed by atoms with van der Waals surface area (Å²) >= 11 is 1.14. The zero-order valence-electron chi connectivity index (χ0n) is 16.6. The third-order valence-corrected chi connectivity index (χ3v) is 7.43. The summed E-state index contributed by atoms with van der Waals surface area (Å²) < 4.78 is 27.3. The van der Waals surface area contributed by atoms with Crippen LogP contribution < -0.4 is 10.1 Å². The van der Waals surface area contributed by atoms with E-state index in [0.29, 0.717) is 17.0 Å². The van der Waals surface area contributed by atoms with Gasteiger partial charge in [-0.05, 0) is 65.0 Å². The Morgan fingerprint density at radius 1 is 0.871 bits per heavy atom. The van der Waals surface area contributed by atoms with Crippen LogP contribution in [0.25, 0.3) is 10.8 Å². The Morgan fingerprint density at radius 2 is 1.58 bits per heavy atom. The average molecular weight is 450 g/mol. The van der Waals surface area contributed by atoms with E-state index in [0.717, 1.165) is 27.7 Å². The fourth-order valence-corrected chi connectivity index (χ4v) is 5.04. The Labute approximate surface area is 184 Å². The maximum atomic E-state index is 12.4. The van der Waals surface area contributed by atoms with Crippen LogP contribution in [0.2, 0.25) is 0 Å². The van der Waals surface area contributed by atoms with Gasteiger partial charge in [-0.1, -0.05) is 42.5 Å². The minimum atomic E-state index is -3.62. The molecule has 6 nitrogen and oxygen atoms in total. The van der Waals surface area contributed by atoms with Crippen LogP contribution in [0.5, 0.6) is 0 Å². The zero-order valence-corrected chi connectivity index (χ0v) is 18.2. The molecule has 4 aromatic rings. The fourth-order valence-electron chi connectivity index (χ4n) is 2.99. The SMILES string of the molecule is C/C(=N/NC(=O)c1ccc(NS(=O)(=O)c2cccs2)cc1)c1ccc2ccccc2c1. The molecule has 0 fully saturated rings. The van der Waals surface area contributed by atoms with E-state index in [-0.39, 0.29) is 10.1 Å². The summed E-state index contributed by atoms with van der Waals surface area (Å²) in [4.78, 5) is 12.4. The van der Waals surface area contributed by atoms with Crippen molar-refractivity contribution in [1.29, 1.82) is 0 Å². The number of thiophene rings is 1. The first kappa shape index (κ1) is 20.8. The van der Waals surface area contributed by atoms with Crippen molar-refractivity contribution in [3.05, 3.63) is 95.4 Å². The van der Waals surface area contributed by atoms with E-state index in [2.05, 4.69) is 15.2 Å². The molecule has 2 N–H and O–H groups in total. The molecule has 156 valence electrons. The lowest BCUT2D eigenvalue weighted by molar-refractivity contribution is 0.0955. The average Bonchev–Trinajstić information content (AvgIpc) is 3.33. The van der Waals surface area contributed by atoms with Crippen LogP contribution in [0.15, 0.2) is 93.6 Å².